The van der Waals surface area contributed by atoms with Crippen molar-refractivity contribution in [3.63, 3.8) is 0 Å². The van der Waals surface area contributed by atoms with Crippen molar-refractivity contribution in [3.8, 4) is 0 Å². The van der Waals surface area contributed by atoms with Gasteiger partial charge in [0.1, 0.15) is 5.82 Å². The first-order valence-electron chi connectivity index (χ1n) is 4.71. The fourth-order valence-corrected chi connectivity index (χ4v) is 1.83. The molecule has 2 aromatic rings. The van der Waals surface area contributed by atoms with E-state index in [0.717, 1.165) is 11.6 Å². The largest absolute Gasteiger partial charge is 0.435 e. The van der Waals surface area contributed by atoms with E-state index < -0.39 is 11.9 Å². The van der Waals surface area contributed by atoms with Gasteiger partial charge >= 0.3 is 6.18 Å². The van der Waals surface area contributed by atoms with Crippen molar-refractivity contribution in [3.05, 3.63) is 40.2 Å². The first-order valence-corrected chi connectivity index (χ1v) is 5.66. The molecule has 0 saturated heterocycles. The summed E-state index contributed by atoms with van der Waals surface area (Å²) in [5.74, 6) is 0.323. The maximum atomic E-state index is 12.2. The molecule has 0 saturated carbocycles. The number of halogens is 3. The number of rotatable bonds is 3. The van der Waals surface area contributed by atoms with Gasteiger partial charge in [-0.2, -0.15) is 24.5 Å². The van der Waals surface area contributed by atoms with Crippen LogP contribution in [0.1, 0.15) is 11.3 Å². The van der Waals surface area contributed by atoms with Crippen molar-refractivity contribution in [2.24, 2.45) is 0 Å². The van der Waals surface area contributed by atoms with Gasteiger partial charge in [0, 0.05) is 6.54 Å². The third kappa shape index (κ3) is 3.16. The predicted molar refractivity (Wildman–Crippen MR) is 58.7 cm³/mol. The maximum absolute atomic E-state index is 12.2. The summed E-state index contributed by atoms with van der Waals surface area (Å²) in [5.41, 5.74) is 0.0651. The quantitative estimate of drug-likeness (QED) is 0.920. The lowest BCUT2D eigenvalue weighted by Gasteiger charge is -2.06. The molecule has 2 heterocycles. The maximum Gasteiger partial charge on any atom is 0.435 e. The Morgan fingerprint density at radius 3 is 2.53 bits per heavy atom. The van der Waals surface area contributed by atoms with Crippen molar-refractivity contribution in [1.29, 1.82) is 0 Å². The molecule has 90 valence electrons. The number of aromatic nitrogens is 2. The highest BCUT2D eigenvalue weighted by atomic mass is 32.1. The van der Waals surface area contributed by atoms with Gasteiger partial charge < -0.3 is 5.32 Å². The number of anilines is 1. The average molecular weight is 259 g/mol. The van der Waals surface area contributed by atoms with Gasteiger partial charge in [-0.1, -0.05) is 0 Å². The summed E-state index contributed by atoms with van der Waals surface area (Å²) in [6.45, 7) is 0.517. The average Bonchev–Trinajstić information content (AvgIpc) is 2.78. The van der Waals surface area contributed by atoms with E-state index in [1.165, 1.54) is 6.07 Å². The van der Waals surface area contributed by atoms with Crippen LogP contribution in [0, 0.1) is 0 Å². The van der Waals surface area contributed by atoms with Crippen LogP contribution in [-0.2, 0) is 12.7 Å². The molecule has 2 rings (SSSR count). The molecule has 0 atom stereocenters. The minimum Gasteiger partial charge on any atom is -0.364 e. The molecular weight excluding hydrogens is 251 g/mol. The molecule has 3 nitrogen and oxygen atoms in total. The van der Waals surface area contributed by atoms with Crippen LogP contribution >= 0.6 is 11.3 Å². The molecule has 0 spiro atoms. The lowest BCUT2D eigenvalue weighted by atomic mass is 10.3. The van der Waals surface area contributed by atoms with Crippen LogP contribution in [0.3, 0.4) is 0 Å². The van der Waals surface area contributed by atoms with E-state index in [1.807, 2.05) is 16.8 Å². The first kappa shape index (κ1) is 11.8. The second kappa shape index (κ2) is 4.70. The molecule has 2 aromatic heterocycles. The van der Waals surface area contributed by atoms with E-state index in [9.17, 15) is 13.2 Å². The number of thiophene rings is 1. The summed E-state index contributed by atoms with van der Waals surface area (Å²) in [6.07, 6.45) is -4.45. The summed E-state index contributed by atoms with van der Waals surface area (Å²) in [4.78, 5) is 0. The zero-order chi connectivity index (χ0) is 12.3. The van der Waals surface area contributed by atoms with E-state index in [4.69, 9.17) is 0 Å². The normalized spacial score (nSPS) is 11.5. The van der Waals surface area contributed by atoms with Crippen LogP contribution < -0.4 is 5.32 Å². The van der Waals surface area contributed by atoms with E-state index in [2.05, 4.69) is 15.5 Å². The number of hydrogen-bond donors (Lipinski definition) is 1. The SMILES string of the molecule is FC(F)(F)c1ccc(NCc2ccsc2)nn1. The van der Waals surface area contributed by atoms with Crippen LogP contribution in [0.4, 0.5) is 19.0 Å². The van der Waals surface area contributed by atoms with Gasteiger partial charge in [0.25, 0.3) is 0 Å². The first-order chi connectivity index (χ1) is 8.05. The van der Waals surface area contributed by atoms with Gasteiger partial charge in [-0.25, -0.2) is 0 Å². The van der Waals surface area contributed by atoms with Gasteiger partial charge in [0.05, 0.1) is 0 Å². The molecule has 0 aliphatic carbocycles. The number of alkyl halides is 3. The van der Waals surface area contributed by atoms with Crippen molar-refractivity contribution in [2.75, 3.05) is 5.32 Å². The second-order valence-corrected chi connectivity index (χ2v) is 4.07. The van der Waals surface area contributed by atoms with Crippen molar-refractivity contribution in [1.82, 2.24) is 10.2 Å². The highest BCUT2D eigenvalue weighted by molar-refractivity contribution is 7.07. The Balaban J connectivity index is 1.99. The third-order valence-electron chi connectivity index (χ3n) is 2.01. The highest BCUT2D eigenvalue weighted by Crippen LogP contribution is 2.27. The standard InChI is InChI=1S/C10H8F3N3S/c11-10(12,13)8-1-2-9(16-15-8)14-5-7-3-4-17-6-7/h1-4,6H,5H2,(H,14,16). The lowest BCUT2D eigenvalue weighted by Crippen LogP contribution is -2.10. The van der Waals surface area contributed by atoms with Crippen LogP contribution in [0.5, 0.6) is 0 Å². The van der Waals surface area contributed by atoms with E-state index in [-0.39, 0.29) is 0 Å². The molecule has 17 heavy (non-hydrogen) atoms. The molecule has 0 radical (unpaired) electrons. The molecule has 1 N–H and O–H groups in total. The Labute approximate surface area is 99.3 Å². The number of hydrogen-bond acceptors (Lipinski definition) is 4. The summed E-state index contributed by atoms with van der Waals surface area (Å²) in [7, 11) is 0. The Morgan fingerprint density at radius 1 is 1.18 bits per heavy atom. The van der Waals surface area contributed by atoms with Crippen LogP contribution in [-0.4, -0.2) is 10.2 Å². The molecule has 0 aromatic carbocycles. The topological polar surface area (TPSA) is 37.8 Å². The minimum absolute atomic E-state index is 0.323. The fourth-order valence-electron chi connectivity index (χ4n) is 1.16. The molecule has 0 unspecified atom stereocenters. The second-order valence-electron chi connectivity index (χ2n) is 3.29. The van der Waals surface area contributed by atoms with E-state index in [1.54, 1.807) is 11.3 Å². The molecule has 0 fully saturated rings. The Morgan fingerprint density at radius 2 is 2.00 bits per heavy atom. The monoisotopic (exact) mass is 259 g/mol. The van der Waals surface area contributed by atoms with Gasteiger partial charge in [0.2, 0.25) is 0 Å². The zero-order valence-electron chi connectivity index (χ0n) is 8.53. The summed E-state index contributed by atoms with van der Waals surface area (Å²) in [5, 5.41) is 13.3. The van der Waals surface area contributed by atoms with Crippen molar-refractivity contribution < 1.29 is 13.2 Å². The van der Waals surface area contributed by atoms with Gasteiger partial charge in [0.15, 0.2) is 5.69 Å². The van der Waals surface area contributed by atoms with Gasteiger partial charge in [-0.3, -0.25) is 0 Å². The highest BCUT2D eigenvalue weighted by Gasteiger charge is 2.32. The van der Waals surface area contributed by atoms with Gasteiger partial charge in [-0.05, 0) is 34.5 Å². The number of nitrogens with zero attached hydrogens (tertiary/aromatic N) is 2. The molecule has 0 aliphatic heterocycles. The van der Waals surface area contributed by atoms with Crippen LogP contribution in [0.25, 0.3) is 0 Å². The fraction of sp³-hybridized carbons (Fsp3) is 0.200. The zero-order valence-corrected chi connectivity index (χ0v) is 9.35. The van der Waals surface area contributed by atoms with E-state index >= 15 is 0 Å². The van der Waals surface area contributed by atoms with Crippen molar-refractivity contribution >= 4 is 17.2 Å². The molecule has 7 heteroatoms. The Hall–Kier alpha value is -1.63. The smallest absolute Gasteiger partial charge is 0.364 e. The minimum atomic E-state index is -4.45. The third-order valence-corrected chi connectivity index (χ3v) is 2.74. The molecular formula is C10H8F3N3S. The Bertz CT molecular complexity index is 465. The van der Waals surface area contributed by atoms with E-state index in [0.29, 0.717) is 12.4 Å². The van der Waals surface area contributed by atoms with Crippen LogP contribution in [0.15, 0.2) is 29.0 Å². The lowest BCUT2D eigenvalue weighted by molar-refractivity contribution is -0.141. The predicted octanol–water partition coefficient (Wildman–Crippen LogP) is 3.17. The summed E-state index contributed by atoms with van der Waals surface area (Å²) >= 11 is 1.56. The molecule has 0 bridgehead atoms. The van der Waals surface area contributed by atoms with Crippen molar-refractivity contribution in [2.45, 2.75) is 12.7 Å². The summed E-state index contributed by atoms with van der Waals surface area (Å²) < 4.78 is 36.6. The van der Waals surface area contributed by atoms with Gasteiger partial charge in [-0.15, -0.1) is 10.2 Å². The Kier molecular flexibility index (Phi) is 3.28. The molecule has 0 aliphatic rings. The molecule has 0 amide bonds. The number of nitrogens with one attached hydrogen (secondary N) is 1. The van der Waals surface area contributed by atoms with Crippen LogP contribution in [0.2, 0.25) is 0 Å². The summed E-state index contributed by atoms with van der Waals surface area (Å²) in [6, 6.07) is 4.10.